The minimum absolute atomic E-state index is 0.148. The molecule has 0 amide bonds. The van der Waals surface area contributed by atoms with Gasteiger partial charge in [-0.25, -0.2) is 0 Å². The summed E-state index contributed by atoms with van der Waals surface area (Å²) in [6.07, 6.45) is -6.27. The molecule has 1 fully saturated rings. The van der Waals surface area contributed by atoms with Gasteiger partial charge < -0.3 is 34.6 Å². The summed E-state index contributed by atoms with van der Waals surface area (Å²) >= 11 is 0. The second-order valence-corrected chi connectivity index (χ2v) is 5.11. The van der Waals surface area contributed by atoms with Crippen molar-refractivity contribution in [1.29, 1.82) is 0 Å². The maximum atomic E-state index is 9.77. The number of aliphatic hydroxyl groups is 4. The highest BCUT2D eigenvalue weighted by Gasteiger charge is 2.43. The second-order valence-electron chi connectivity index (χ2n) is 5.11. The van der Waals surface area contributed by atoms with E-state index < -0.39 is 37.3 Å². The quantitative estimate of drug-likeness (QED) is 0.479. The molecule has 0 spiro atoms. The fourth-order valence-electron chi connectivity index (χ4n) is 2.19. The van der Waals surface area contributed by atoms with Crippen LogP contribution in [0, 0.1) is 0 Å². The second kappa shape index (κ2) is 8.54. The molecule has 0 bridgehead atoms. The normalized spacial score (nSPS) is 32.1. The number of hydrogen-bond acceptors (Lipinski definition) is 7. The summed E-state index contributed by atoms with van der Waals surface area (Å²) in [5.41, 5.74) is 1.04. The zero-order valence-electron chi connectivity index (χ0n) is 12.1. The standard InChI is InChI=1S/C15H22O7/c16-8-11-12(17)13(18)14(19)15(22-11)21-7-6-20-9-10-4-2-1-3-5-10/h1-5,11-19H,6-9H2/t11-,12-,13+,14-,15-/m1/s1. The number of aliphatic hydroxyl groups excluding tert-OH is 4. The lowest BCUT2D eigenvalue weighted by molar-refractivity contribution is -0.302. The fraction of sp³-hybridized carbons (Fsp3) is 0.600. The van der Waals surface area contributed by atoms with Crippen molar-refractivity contribution in [1.82, 2.24) is 0 Å². The molecule has 0 aromatic heterocycles. The van der Waals surface area contributed by atoms with Crippen LogP contribution in [0.3, 0.4) is 0 Å². The van der Waals surface area contributed by atoms with Gasteiger partial charge in [0.2, 0.25) is 0 Å². The lowest BCUT2D eigenvalue weighted by Crippen LogP contribution is -2.59. The lowest BCUT2D eigenvalue weighted by atomic mass is 9.99. The first-order chi connectivity index (χ1) is 10.6. The third-order valence-corrected chi connectivity index (χ3v) is 3.47. The summed E-state index contributed by atoms with van der Waals surface area (Å²) in [5.74, 6) is 0. The molecule has 1 aliphatic rings. The van der Waals surface area contributed by atoms with E-state index in [0.717, 1.165) is 5.56 Å². The van der Waals surface area contributed by atoms with Crippen molar-refractivity contribution in [3.63, 3.8) is 0 Å². The Morgan fingerprint density at radius 2 is 1.68 bits per heavy atom. The van der Waals surface area contributed by atoms with Gasteiger partial charge in [-0.15, -0.1) is 0 Å². The number of hydrogen-bond donors (Lipinski definition) is 4. The Morgan fingerprint density at radius 1 is 0.955 bits per heavy atom. The van der Waals surface area contributed by atoms with Gasteiger partial charge in [-0.1, -0.05) is 30.3 Å². The first-order valence-corrected chi connectivity index (χ1v) is 7.17. The van der Waals surface area contributed by atoms with E-state index in [2.05, 4.69) is 0 Å². The van der Waals surface area contributed by atoms with Crippen LogP contribution in [0.2, 0.25) is 0 Å². The van der Waals surface area contributed by atoms with Crippen molar-refractivity contribution in [3.05, 3.63) is 35.9 Å². The summed E-state index contributed by atoms with van der Waals surface area (Å²) in [7, 11) is 0. The molecule has 1 aliphatic heterocycles. The zero-order valence-corrected chi connectivity index (χ0v) is 12.1. The van der Waals surface area contributed by atoms with Gasteiger partial charge in [0.15, 0.2) is 6.29 Å². The van der Waals surface area contributed by atoms with Crippen LogP contribution in [0.1, 0.15) is 5.56 Å². The average Bonchev–Trinajstić information content (AvgIpc) is 2.55. The summed E-state index contributed by atoms with van der Waals surface area (Å²) in [6, 6.07) is 9.65. The first kappa shape index (κ1) is 17.3. The van der Waals surface area contributed by atoms with E-state index in [1.807, 2.05) is 30.3 Å². The van der Waals surface area contributed by atoms with Crippen LogP contribution in [0.5, 0.6) is 0 Å². The van der Waals surface area contributed by atoms with Gasteiger partial charge in [0, 0.05) is 0 Å². The highest BCUT2D eigenvalue weighted by atomic mass is 16.7. The van der Waals surface area contributed by atoms with Crippen LogP contribution in [0.4, 0.5) is 0 Å². The van der Waals surface area contributed by atoms with E-state index in [4.69, 9.17) is 19.3 Å². The van der Waals surface area contributed by atoms with E-state index in [0.29, 0.717) is 6.61 Å². The Balaban J connectivity index is 1.69. The van der Waals surface area contributed by atoms with Crippen LogP contribution in [0.15, 0.2) is 30.3 Å². The van der Waals surface area contributed by atoms with E-state index >= 15 is 0 Å². The number of ether oxygens (including phenoxy) is 3. The van der Waals surface area contributed by atoms with Crippen molar-refractivity contribution in [3.8, 4) is 0 Å². The predicted octanol–water partition coefficient (Wildman–Crippen LogP) is -0.980. The number of rotatable bonds is 7. The molecule has 0 radical (unpaired) electrons. The van der Waals surface area contributed by atoms with Gasteiger partial charge in [-0.2, -0.15) is 0 Å². The number of benzene rings is 1. The van der Waals surface area contributed by atoms with Gasteiger partial charge in [-0.3, -0.25) is 0 Å². The molecule has 5 atom stereocenters. The summed E-state index contributed by atoms with van der Waals surface area (Å²) in [5, 5.41) is 38.1. The minimum atomic E-state index is -1.43. The zero-order chi connectivity index (χ0) is 15.9. The Labute approximate surface area is 128 Å². The van der Waals surface area contributed by atoms with E-state index in [1.54, 1.807) is 0 Å². The van der Waals surface area contributed by atoms with Crippen molar-refractivity contribution >= 4 is 0 Å². The highest BCUT2D eigenvalue weighted by Crippen LogP contribution is 2.21. The molecule has 1 heterocycles. The van der Waals surface area contributed by atoms with E-state index in [9.17, 15) is 15.3 Å². The molecule has 0 aliphatic carbocycles. The van der Waals surface area contributed by atoms with Crippen LogP contribution in [0.25, 0.3) is 0 Å². The van der Waals surface area contributed by atoms with Gasteiger partial charge in [-0.05, 0) is 5.56 Å². The summed E-state index contributed by atoms with van der Waals surface area (Å²) in [4.78, 5) is 0. The molecule has 7 heteroatoms. The topological polar surface area (TPSA) is 109 Å². The van der Waals surface area contributed by atoms with Crippen LogP contribution < -0.4 is 0 Å². The third kappa shape index (κ3) is 4.47. The predicted molar refractivity (Wildman–Crippen MR) is 75.8 cm³/mol. The largest absolute Gasteiger partial charge is 0.394 e. The summed E-state index contributed by atoms with van der Waals surface area (Å²) in [6.45, 7) is 0.396. The van der Waals surface area contributed by atoms with E-state index in [1.165, 1.54) is 0 Å². The molecule has 1 aromatic carbocycles. The smallest absolute Gasteiger partial charge is 0.186 e. The van der Waals surface area contributed by atoms with Gasteiger partial charge >= 0.3 is 0 Å². The van der Waals surface area contributed by atoms with Crippen molar-refractivity contribution in [2.24, 2.45) is 0 Å². The van der Waals surface area contributed by atoms with E-state index in [-0.39, 0.29) is 13.2 Å². The van der Waals surface area contributed by atoms with Gasteiger partial charge in [0.1, 0.15) is 24.4 Å². The molecule has 2 rings (SSSR count). The first-order valence-electron chi connectivity index (χ1n) is 7.17. The third-order valence-electron chi connectivity index (χ3n) is 3.47. The van der Waals surface area contributed by atoms with Crippen LogP contribution in [-0.4, -0.2) is 71.0 Å². The monoisotopic (exact) mass is 314 g/mol. The molecular weight excluding hydrogens is 292 g/mol. The van der Waals surface area contributed by atoms with Crippen molar-refractivity contribution < 1.29 is 34.6 Å². The molecule has 7 nitrogen and oxygen atoms in total. The maximum Gasteiger partial charge on any atom is 0.186 e. The maximum absolute atomic E-state index is 9.77. The van der Waals surface area contributed by atoms with Crippen molar-refractivity contribution in [2.45, 2.75) is 37.3 Å². The Bertz CT molecular complexity index is 425. The van der Waals surface area contributed by atoms with Gasteiger partial charge in [0.05, 0.1) is 26.4 Å². The molecule has 1 saturated heterocycles. The Hall–Kier alpha value is -1.06. The molecule has 22 heavy (non-hydrogen) atoms. The molecule has 124 valence electrons. The Morgan fingerprint density at radius 3 is 2.36 bits per heavy atom. The van der Waals surface area contributed by atoms with Crippen molar-refractivity contribution in [2.75, 3.05) is 19.8 Å². The SMILES string of the molecule is OC[C@H]1O[C@@H](OCCOCc2ccccc2)[C@H](O)[C@@H](O)[C@@H]1O. The molecule has 1 aromatic rings. The lowest BCUT2D eigenvalue weighted by Gasteiger charge is -2.39. The molecule has 4 N–H and O–H groups in total. The minimum Gasteiger partial charge on any atom is -0.394 e. The highest BCUT2D eigenvalue weighted by molar-refractivity contribution is 5.13. The Kier molecular flexibility index (Phi) is 6.71. The van der Waals surface area contributed by atoms with Gasteiger partial charge in [0.25, 0.3) is 0 Å². The fourth-order valence-corrected chi connectivity index (χ4v) is 2.19. The average molecular weight is 314 g/mol. The molecule has 0 unspecified atom stereocenters. The molecule has 0 saturated carbocycles. The van der Waals surface area contributed by atoms with Crippen LogP contribution in [-0.2, 0) is 20.8 Å². The molecular formula is C15H22O7. The van der Waals surface area contributed by atoms with Crippen LogP contribution >= 0.6 is 0 Å². The summed E-state index contributed by atoms with van der Waals surface area (Å²) < 4.78 is 15.9.